The zero-order valence-corrected chi connectivity index (χ0v) is 33.9. The third-order valence-corrected chi connectivity index (χ3v) is 10.5. The highest BCUT2D eigenvalue weighted by Crippen LogP contribution is 2.39. The molecule has 0 saturated heterocycles. The SMILES string of the molecule is CCC(C)(C)c1ccc(OCC(=O)Nc2ccccc2C(=O)Nc2[nH]n(-c3c(Cl)cc(Cl)cc3Cl)c(=O)c2/N=N/c2ccc(OC)cc2)c(C(C)(C)CC)c1. The fourth-order valence-electron chi connectivity index (χ4n) is 5.57. The number of anilines is 2. The van der Waals surface area contributed by atoms with Gasteiger partial charge < -0.3 is 20.1 Å². The standard InChI is InChI=1S/C41H43Cl3N6O5/c1-8-40(3,4)24-14-19-33(29(20-24)41(5,6)9-2)55-23-34(51)45-32-13-11-10-12-28(32)38(52)46-37-35(48-47-26-15-17-27(54-7)18-16-26)39(53)50(49-37)36-30(43)21-25(42)22-31(36)44/h10-22,49H,8-9,23H2,1-7H3,(H,45,51)(H,46,52)/b48-47+. The molecule has 5 aromatic rings. The summed E-state index contributed by atoms with van der Waals surface area (Å²) in [4.78, 5) is 41.0. The molecule has 0 aliphatic carbocycles. The van der Waals surface area contributed by atoms with E-state index in [4.69, 9.17) is 44.3 Å². The van der Waals surface area contributed by atoms with Gasteiger partial charge in [-0.25, -0.2) is 4.68 Å². The maximum Gasteiger partial charge on any atom is 0.301 e. The number of nitrogens with zero attached hydrogens (tertiary/aromatic N) is 3. The van der Waals surface area contributed by atoms with Gasteiger partial charge in [-0.1, -0.05) is 101 Å². The van der Waals surface area contributed by atoms with E-state index in [-0.39, 0.29) is 60.9 Å². The summed E-state index contributed by atoms with van der Waals surface area (Å²) in [6, 6.07) is 22.1. The Morgan fingerprint density at radius 2 is 1.49 bits per heavy atom. The zero-order valence-electron chi connectivity index (χ0n) is 31.6. The summed E-state index contributed by atoms with van der Waals surface area (Å²) in [6.07, 6.45) is 1.84. The molecule has 1 aromatic heterocycles. The second-order valence-corrected chi connectivity index (χ2v) is 15.4. The number of para-hydroxylation sites is 1. The molecule has 0 saturated carbocycles. The van der Waals surface area contributed by atoms with Crippen molar-refractivity contribution in [3.63, 3.8) is 0 Å². The Morgan fingerprint density at radius 3 is 2.13 bits per heavy atom. The van der Waals surface area contributed by atoms with Gasteiger partial charge in [-0.3, -0.25) is 19.5 Å². The minimum absolute atomic E-state index is 0.0233. The minimum atomic E-state index is -0.714. The minimum Gasteiger partial charge on any atom is -0.497 e. The Balaban J connectivity index is 1.42. The molecule has 2 amide bonds. The molecule has 11 nitrogen and oxygen atoms in total. The normalized spacial score (nSPS) is 11.8. The number of hydrogen-bond donors (Lipinski definition) is 3. The molecule has 0 spiro atoms. The molecule has 4 aromatic carbocycles. The lowest BCUT2D eigenvalue weighted by Crippen LogP contribution is -2.25. The first kappa shape index (κ1) is 41.1. The van der Waals surface area contributed by atoms with E-state index in [0.717, 1.165) is 23.1 Å². The Bertz CT molecular complexity index is 2270. The lowest BCUT2D eigenvalue weighted by atomic mass is 9.76. The molecule has 288 valence electrons. The van der Waals surface area contributed by atoms with Crippen molar-refractivity contribution in [2.75, 3.05) is 24.4 Å². The molecule has 0 aliphatic rings. The lowest BCUT2D eigenvalue weighted by molar-refractivity contribution is -0.118. The Morgan fingerprint density at radius 1 is 0.836 bits per heavy atom. The maximum atomic E-state index is 13.9. The predicted octanol–water partition coefficient (Wildman–Crippen LogP) is 11.2. The molecule has 5 rings (SSSR count). The number of ether oxygens (including phenoxy) is 2. The number of hydrogen-bond acceptors (Lipinski definition) is 7. The van der Waals surface area contributed by atoms with Crippen LogP contribution in [0.15, 0.2) is 93.9 Å². The van der Waals surface area contributed by atoms with Crippen molar-refractivity contribution in [1.29, 1.82) is 0 Å². The van der Waals surface area contributed by atoms with Crippen LogP contribution in [0, 0.1) is 0 Å². The molecule has 0 radical (unpaired) electrons. The molecular formula is C41H43Cl3N6O5. The number of carbonyl (C=O) groups is 2. The van der Waals surface area contributed by atoms with Gasteiger partial charge in [0.2, 0.25) is 0 Å². The number of rotatable bonds is 14. The lowest BCUT2D eigenvalue weighted by Gasteiger charge is -2.30. The summed E-state index contributed by atoms with van der Waals surface area (Å²) < 4.78 is 12.4. The molecule has 0 unspecified atom stereocenters. The van der Waals surface area contributed by atoms with Crippen molar-refractivity contribution in [1.82, 2.24) is 9.78 Å². The number of methoxy groups -OCH3 is 1. The molecule has 55 heavy (non-hydrogen) atoms. The number of halogens is 3. The number of H-pyrrole nitrogens is 1. The van der Waals surface area contributed by atoms with Crippen LogP contribution in [0.4, 0.5) is 22.9 Å². The number of azo groups is 1. The van der Waals surface area contributed by atoms with E-state index < -0.39 is 17.4 Å². The van der Waals surface area contributed by atoms with Crippen LogP contribution in [0.25, 0.3) is 5.69 Å². The maximum absolute atomic E-state index is 13.9. The van der Waals surface area contributed by atoms with Gasteiger partial charge >= 0.3 is 5.56 Å². The molecular weight excluding hydrogens is 763 g/mol. The van der Waals surface area contributed by atoms with E-state index in [1.54, 1.807) is 42.5 Å². The Labute approximate surface area is 335 Å². The Kier molecular flexibility index (Phi) is 12.8. The van der Waals surface area contributed by atoms with Crippen molar-refractivity contribution >= 4 is 69.5 Å². The molecule has 3 N–H and O–H groups in total. The summed E-state index contributed by atoms with van der Waals surface area (Å²) in [5, 5.41) is 17.1. The highest BCUT2D eigenvalue weighted by Gasteiger charge is 2.27. The van der Waals surface area contributed by atoms with Crippen molar-refractivity contribution in [3.8, 4) is 17.2 Å². The van der Waals surface area contributed by atoms with E-state index in [9.17, 15) is 14.4 Å². The summed E-state index contributed by atoms with van der Waals surface area (Å²) in [6.45, 7) is 12.7. The molecule has 14 heteroatoms. The van der Waals surface area contributed by atoms with Crippen LogP contribution < -0.4 is 25.7 Å². The summed E-state index contributed by atoms with van der Waals surface area (Å²) >= 11 is 19.0. The van der Waals surface area contributed by atoms with E-state index in [1.165, 1.54) is 30.9 Å². The van der Waals surface area contributed by atoms with Gasteiger partial charge in [0.1, 0.15) is 17.2 Å². The molecule has 0 atom stereocenters. The van der Waals surface area contributed by atoms with Crippen LogP contribution in [0.1, 0.15) is 75.9 Å². The fourth-order valence-corrected chi connectivity index (χ4v) is 6.56. The fraction of sp³-hybridized carbons (Fsp3) is 0.293. The van der Waals surface area contributed by atoms with E-state index in [1.807, 2.05) is 12.1 Å². The second-order valence-electron chi connectivity index (χ2n) is 14.1. The summed E-state index contributed by atoms with van der Waals surface area (Å²) in [7, 11) is 1.54. The summed E-state index contributed by atoms with van der Waals surface area (Å²) in [5.41, 5.74) is 1.84. The van der Waals surface area contributed by atoms with Crippen LogP contribution in [0.2, 0.25) is 15.1 Å². The van der Waals surface area contributed by atoms with Crippen LogP contribution in [-0.2, 0) is 15.6 Å². The topological polar surface area (TPSA) is 139 Å². The van der Waals surface area contributed by atoms with E-state index in [2.05, 4.69) is 73.6 Å². The first-order valence-corrected chi connectivity index (χ1v) is 18.8. The molecule has 0 bridgehead atoms. The second kappa shape index (κ2) is 17.1. The van der Waals surface area contributed by atoms with Crippen molar-refractivity contribution in [2.45, 2.75) is 65.2 Å². The summed E-state index contributed by atoms with van der Waals surface area (Å²) in [5.74, 6) is -0.0240. The van der Waals surface area contributed by atoms with Gasteiger partial charge in [-0.15, -0.1) is 5.11 Å². The van der Waals surface area contributed by atoms with Gasteiger partial charge in [0.05, 0.1) is 34.1 Å². The highest BCUT2D eigenvalue weighted by molar-refractivity contribution is 6.40. The van der Waals surface area contributed by atoms with Gasteiger partial charge in [0, 0.05) is 10.6 Å². The highest BCUT2D eigenvalue weighted by atomic mass is 35.5. The van der Waals surface area contributed by atoms with Gasteiger partial charge in [0.25, 0.3) is 11.8 Å². The zero-order chi connectivity index (χ0) is 40.1. The number of carbonyl (C=O) groups excluding carboxylic acids is 2. The van der Waals surface area contributed by atoms with Crippen LogP contribution in [0.3, 0.4) is 0 Å². The molecule has 0 aliphatic heterocycles. The molecule has 0 fully saturated rings. The predicted molar refractivity (Wildman–Crippen MR) is 220 cm³/mol. The monoisotopic (exact) mass is 804 g/mol. The average Bonchev–Trinajstić information content (AvgIpc) is 3.45. The van der Waals surface area contributed by atoms with E-state index >= 15 is 0 Å². The van der Waals surface area contributed by atoms with Crippen LogP contribution in [0.5, 0.6) is 11.5 Å². The number of nitrogens with one attached hydrogen (secondary N) is 3. The van der Waals surface area contributed by atoms with Gasteiger partial charge in [-0.2, -0.15) is 5.11 Å². The quantitative estimate of drug-likeness (QED) is 0.0959. The number of amides is 2. The van der Waals surface area contributed by atoms with Crippen LogP contribution >= 0.6 is 34.8 Å². The largest absolute Gasteiger partial charge is 0.497 e. The van der Waals surface area contributed by atoms with Gasteiger partial charge in [-0.05, 0) is 83.8 Å². The van der Waals surface area contributed by atoms with Crippen molar-refractivity contribution in [3.05, 3.63) is 121 Å². The van der Waals surface area contributed by atoms with E-state index in [0.29, 0.717) is 17.2 Å². The smallest absolute Gasteiger partial charge is 0.301 e. The van der Waals surface area contributed by atoms with Gasteiger partial charge in [0.15, 0.2) is 18.1 Å². The average molecular weight is 806 g/mol. The van der Waals surface area contributed by atoms with Crippen molar-refractivity contribution in [2.24, 2.45) is 10.2 Å². The first-order valence-electron chi connectivity index (χ1n) is 17.6. The van der Waals surface area contributed by atoms with Crippen molar-refractivity contribution < 1.29 is 19.1 Å². The third-order valence-electron chi connectivity index (χ3n) is 9.71. The Hall–Kier alpha value is -5.10. The number of aromatic amines is 1. The van der Waals surface area contributed by atoms with Crippen LogP contribution in [-0.4, -0.2) is 35.3 Å². The first-order chi connectivity index (χ1) is 26.1. The number of benzene rings is 4. The third kappa shape index (κ3) is 9.41. The molecule has 1 heterocycles. The number of aromatic nitrogens is 2.